The zero-order chi connectivity index (χ0) is 21.6. The average Bonchev–Trinajstić information content (AvgIpc) is 3.23. The molecular formula is C20H23N5O4S. The van der Waals surface area contributed by atoms with Crippen LogP contribution in [0, 0.1) is 0 Å². The second-order valence-corrected chi connectivity index (χ2v) is 8.41. The molecule has 30 heavy (non-hydrogen) atoms. The molecule has 0 spiro atoms. The fourth-order valence-corrected chi connectivity index (χ4v) is 4.25. The van der Waals surface area contributed by atoms with Crippen LogP contribution in [0.15, 0.2) is 58.1 Å². The van der Waals surface area contributed by atoms with Crippen molar-refractivity contribution in [3.8, 4) is 11.5 Å². The van der Waals surface area contributed by atoms with Gasteiger partial charge in [-0.3, -0.25) is 15.1 Å². The third-order valence-electron chi connectivity index (χ3n) is 4.44. The van der Waals surface area contributed by atoms with Gasteiger partial charge in [0, 0.05) is 36.6 Å². The Morgan fingerprint density at radius 1 is 1.07 bits per heavy atom. The predicted octanol–water partition coefficient (Wildman–Crippen LogP) is 3.19. The van der Waals surface area contributed by atoms with E-state index in [1.807, 2.05) is 6.92 Å². The van der Waals surface area contributed by atoms with Crippen LogP contribution in [-0.4, -0.2) is 46.9 Å². The third kappa shape index (κ3) is 4.89. The van der Waals surface area contributed by atoms with E-state index in [2.05, 4.69) is 20.5 Å². The van der Waals surface area contributed by atoms with Crippen molar-refractivity contribution in [3.63, 3.8) is 0 Å². The molecule has 0 aliphatic carbocycles. The molecule has 0 saturated carbocycles. The number of nitrogens with one attached hydrogen (secondary N) is 1. The molecule has 1 aromatic carbocycles. The van der Waals surface area contributed by atoms with Crippen LogP contribution in [0.5, 0.6) is 0 Å². The summed E-state index contributed by atoms with van der Waals surface area (Å²) in [6.45, 7) is 4.67. The fourth-order valence-electron chi connectivity index (χ4n) is 2.76. The Labute approximate surface area is 175 Å². The Morgan fingerprint density at radius 2 is 1.77 bits per heavy atom. The van der Waals surface area contributed by atoms with Gasteiger partial charge in [0.1, 0.15) is 0 Å². The summed E-state index contributed by atoms with van der Waals surface area (Å²) >= 11 is 0. The van der Waals surface area contributed by atoms with Gasteiger partial charge in [-0.1, -0.05) is 25.4 Å². The first-order valence-electron chi connectivity index (χ1n) is 9.61. The Morgan fingerprint density at radius 3 is 2.40 bits per heavy atom. The highest BCUT2D eigenvalue weighted by molar-refractivity contribution is 7.89. The zero-order valence-electron chi connectivity index (χ0n) is 16.8. The van der Waals surface area contributed by atoms with Crippen LogP contribution in [0.3, 0.4) is 0 Å². The summed E-state index contributed by atoms with van der Waals surface area (Å²) in [7, 11) is -3.60. The predicted molar refractivity (Wildman–Crippen MR) is 111 cm³/mol. The molecule has 1 N–H and O–H groups in total. The molecule has 158 valence electrons. The van der Waals surface area contributed by atoms with Crippen molar-refractivity contribution in [2.24, 2.45) is 0 Å². The van der Waals surface area contributed by atoms with Gasteiger partial charge in [-0.15, -0.1) is 5.10 Å². The van der Waals surface area contributed by atoms with Crippen molar-refractivity contribution < 1.29 is 17.6 Å². The normalized spacial score (nSPS) is 11.6. The molecule has 0 aliphatic heterocycles. The second kappa shape index (κ2) is 9.59. The van der Waals surface area contributed by atoms with E-state index in [-0.39, 0.29) is 22.4 Å². The first kappa shape index (κ1) is 21.6. The van der Waals surface area contributed by atoms with Crippen LogP contribution in [0.4, 0.5) is 6.01 Å². The summed E-state index contributed by atoms with van der Waals surface area (Å²) in [5, 5.41) is 10.2. The third-order valence-corrected chi connectivity index (χ3v) is 6.43. The molecule has 3 rings (SSSR count). The number of nitrogens with zero attached hydrogens (tertiary/aromatic N) is 4. The van der Waals surface area contributed by atoms with E-state index in [4.69, 9.17) is 4.42 Å². The van der Waals surface area contributed by atoms with Gasteiger partial charge in [-0.05, 0) is 42.8 Å². The van der Waals surface area contributed by atoms with Crippen molar-refractivity contribution in [3.05, 3.63) is 54.4 Å². The lowest BCUT2D eigenvalue weighted by Crippen LogP contribution is -2.31. The van der Waals surface area contributed by atoms with Crippen LogP contribution in [0.25, 0.3) is 11.5 Å². The molecular weight excluding hydrogens is 406 g/mol. The van der Waals surface area contributed by atoms with Gasteiger partial charge in [0.05, 0.1) is 4.90 Å². The number of anilines is 1. The van der Waals surface area contributed by atoms with E-state index in [1.165, 1.54) is 28.6 Å². The number of carbonyl (C=O) groups excluding carboxylic acids is 1. The molecule has 2 heterocycles. The van der Waals surface area contributed by atoms with Crippen molar-refractivity contribution in [1.82, 2.24) is 19.5 Å². The highest BCUT2D eigenvalue weighted by atomic mass is 32.2. The van der Waals surface area contributed by atoms with E-state index >= 15 is 0 Å². The fraction of sp³-hybridized carbons (Fsp3) is 0.300. The first-order valence-corrected chi connectivity index (χ1v) is 11.0. The number of pyridine rings is 1. The number of aromatic nitrogens is 3. The topological polar surface area (TPSA) is 118 Å². The van der Waals surface area contributed by atoms with Crippen LogP contribution in [0.2, 0.25) is 0 Å². The highest BCUT2D eigenvalue weighted by Crippen LogP contribution is 2.20. The number of amides is 1. The number of hydrogen-bond donors (Lipinski definition) is 1. The summed E-state index contributed by atoms with van der Waals surface area (Å²) < 4.78 is 32.4. The maximum absolute atomic E-state index is 12.8. The van der Waals surface area contributed by atoms with Crippen molar-refractivity contribution >= 4 is 21.9 Å². The molecule has 0 radical (unpaired) electrons. The Hall–Kier alpha value is -3.11. The number of carbonyl (C=O) groups is 1. The minimum atomic E-state index is -3.60. The Balaban J connectivity index is 1.70. The average molecular weight is 430 g/mol. The largest absolute Gasteiger partial charge is 0.403 e. The highest BCUT2D eigenvalue weighted by Gasteiger charge is 2.23. The molecule has 0 unspecified atom stereocenters. The Bertz CT molecular complexity index is 1080. The van der Waals surface area contributed by atoms with Gasteiger partial charge < -0.3 is 4.42 Å². The summed E-state index contributed by atoms with van der Waals surface area (Å²) in [5.41, 5.74) is 0.949. The molecule has 9 nitrogen and oxygen atoms in total. The number of rotatable bonds is 9. The van der Waals surface area contributed by atoms with Gasteiger partial charge >= 0.3 is 6.01 Å². The molecule has 0 atom stereocenters. The smallest absolute Gasteiger partial charge is 0.322 e. The van der Waals surface area contributed by atoms with Crippen molar-refractivity contribution in [2.45, 2.75) is 31.6 Å². The zero-order valence-corrected chi connectivity index (χ0v) is 17.6. The van der Waals surface area contributed by atoms with Crippen LogP contribution in [-0.2, 0) is 10.0 Å². The van der Waals surface area contributed by atoms with E-state index in [9.17, 15) is 13.2 Å². The maximum Gasteiger partial charge on any atom is 0.322 e. The summed E-state index contributed by atoms with van der Waals surface area (Å²) in [6.07, 6.45) is 4.88. The van der Waals surface area contributed by atoms with Crippen molar-refractivity contribution in [1.29, 1.82) is 0 Å². The second-order valence-electron chi connectivity index (χ2n) is 6.48. The molecule has 2 aromatic heterocycles. The van der Waals surface area contributed by atoms with Gasteiger partial charge in [-0.25, -0.2) is 8.42 Å². The lowest BCUT2D eigenvalue weighted by molar-refractivity contribution is 0.102. The first-order chi connectivity index (χ1) is 14.5. The van der Waals surface area contributed by atoms with Crippen molar-refractivity contribution in [2.75, 3.05) is 18.4 Å². The standard InChI is InChI=1S/C20H23N5O4S/c1-3-5-14-25(4-2)30(27,28)17-8-6-15(7-9-17)18(26)22-20-24-23-19(29-20)16-10-12-21-13-11-16/h6-13H,3-5,14H2,1-2H3,(H,22,24,26). The molecule has 3 aromatic rings. The molecule has 0 bridgehead atoms. The van der Waals surface area contributed by atoms with Gasteiger partial charge in [-0.2, -0.15) is 4.31 Å². The number of unbranched alkanes of at least 4 members (excludes halogenated alkanes) is 1. The molecule has 10 heteroatoms. The van der Waals surface area contributed by atoms with E-state index in [0.29, 0.717) is 18.7 Å². The lowest BCUT2D eigenvalue weighted by Gasteiger charge is -2.20. The number of hydrogen-bond acceptors (Lipinski definition) is 7. The Kier molecular flexibility index (Phi) is 6.91. The van der Waals surface area contributed by atoms with Gasteiger partial charge in [0.15, 0.2) is 0 Å². The minimum Gasteiger partial charge on any atom is -0.403 e. The summed E-state index contributed by atoms with van der Waals surface area (Å²) in [6, 6.07) is 9.12. The molecule has 0 aliphatic rings. The van der Waals surface area contributed by atoms with Crippen LogP contribution >= 0.6 is 0 Å². The number of sulfonamides is 1. The van der Waals surface area contributed by atoms with Crippen LogP contribution in [0.1, 0.15) is 37.0 Å². The number of benzene rings is 1. The summed E-state index contributed by atoms with van der Waals surface area (Å²) in [4.78, 5) is 16.5. The molecule has 0 fully saturated rings. The molecule has 0 saturated heterocycles. The lowest BCUT2D eigenvalue weighted by atomic mass is 10.2. The van der Waals surface area contributed by atoms with E-state index in [0.717, 1.165) is 12.8 Å². The monoisotopic (exact) mass is 429 g/mol. The minimum absolute atomic E-state index is 0.0553. The maximum atomic E-state index is 12.8. The molecule has 1 amide bonds. The van der Waals surface area contributed by atoms with E-state index in [1.54, 1.807) is 31.5 Å². The van der Waals surface area contributed by atoms with E-state index < -0.39 is 15.9 Å². The quantitative estimate of drug-likeness (QED) is 0.555. The van der Waals surface area contributed by atoms with Gasteiger partial charge in [0.2, 0.25) is 15.9 Å². The van der Waals surface area contributed by atoms with Crippen LogP contribution < -0.4 is 5.32 Å². The SMILES string of the molecule is CCCCN(CC)S(=O)(=O)c1ccc(C(=O)Nc2nnc(-c3ccncc3)o2)cc1. The summed E-state index contributed by atoms with van der Waals surface area (Å²) in [5.74, 6) is -0.233. The van der Waals surface area contributed by atoms with Gasteiger partial charge in [0.25, 0.3) is 5.91 Å².